The van der Waals surface area contributed by atoms with E-state index in [9.17, 15) is 4.79 Å². The number of carbonyl (C=O) groups excluding carboxylic acids is 1. The Morgan fingerprint density at radius 3 is 2.86 bits per heavy atom. The van der Waals surface area contributed by atoms with Crippen molar-refractivity contribution in [3.63, 3.8) is 0 Å². The molecule has 1 aromatic rings. The van der Waals surface area contributed by atoms with E-state index in [1.54, 1.807) is 11.3 Å². The SMILES string of the molecule is Cc1ccc(C2NCC(=O)N2CC2CN(C)CCN2C)s1. The Kier molecular flexibility index (Phi) is 4.31. The summed E-state index contributed by atoms with van der Waals surface area (Å²) in [5.74, 6) is 0.215. The summed E-state index contributed by atoms with van der Waals surface area (Å²) in [7, 11) is 4.32. The summed E-state index contributed by atoms with van der Waals surface area (Å²) >= 11 is 1.77. The average molecular weight is 308 g/mol. The molecular formula is C15H24N4OS. The molecule has 3 heterocycles. The van der Waals surface area contributed by atoms with Gasteiger partial charge in [-0.05, 0) is 33.2 Å². The van der Waals surface area contributed by atoms with Gasteiger partial charge in [0.2, 0.25) is 5.91 Å². The van der Waals surface area contributed by atoms with Crippen molar-refractivity contribution < 1.29 is 4.79 Å². The molecule has 0 aliphatic carbocycles. The summed E-state index contributed by atoms with van der Waals surface area (Å²) in [5.41, 5.74) is 0. The van der Waals surface area contributed by atoms with Crippen LogP contribution in [0.25, 0.3) is 0 Å². The van der Waals surface area contributed by atoms with Gasteiger partial charge in [-0.2, -0.15) is 0 Å². The quantitative estimate of drug-likeness (QED) is 0.894. The van der Waals surface area contributed by atoms with Gasteiger partial charge < -0.3 is 9.80 Å². The van der Waals surface area contributed by atoms with Crippen LogP contribution < -0.4 is 5.32 Å². The minimum Gasteiger partial charge on any atom is -0.319 e. The molecule has 0 bridgehead atoms. The smallest absolute Gasteiger partial charge is 0.238 e. The second-order valence-corrected chi connectivity index (χ2v) is 7.49. The zero-order chi connectivity index (χ0) is 15.0. The van der Waals surface area contributed by atoms with Crippen LogP contribution in [0.1, 0.15) is 15.9 Å². The van der Waals surface area contributed by atoms with Gasteiger partial charge in [0.05, 0.1) is 6.54 Å². The summed E-state index contributed by atoms with van der Waals surface area (Å²) in [6, 6.07) is 4.68. The number of hydrogen-bond donors (Lipinski definition) is 1. The molecule has 2 atom stereocenters. The minimum absolute atomic E-state index is 0.0526. The number of nitrogens with one attached hydrogen (secondary N) is 1. The maximum absolute atomic E-state index is 12.3. The molecule has 3 rings (SSSR count). The van der Waals surface area contributed by atoms with Crippen LogP contribution in [0.3, 0.4) is 0 Å². The highest BCUT2D eigenvalue weighted by Gasteiger charge is 2.35. The van der Waals surface area contributed by atoms with Crippen LogP contribution in [0.4, 0.5) is 0 Å². The van der Waals surface area contributed by atoms with E-state index in [4.69, 9.17) is 0 Å². The number of likely N-dealkylation sites (N-methyl/N-ethyl adjacent to an activating group) is 2. The van der Waals surface area contributed by atoms with Gasteiger partial charge in [-0.1, -0.05) is 0 Å². The highest BCUT2D eigenvalue weighted by Crippen LogP contribution is 2.29. The molecule has 2 saturated heterocycles. The number of rotatable bonds is 3. The number of carbonyl (C=O) groups is 1. The molecule has 21 heavy (non-hydrogen) atoms. The van der Waals surface area contributed by atoms with Crippen molar-refractivity contribution in [3.8, 4) is 0 Å². The molecular weight excluding hydrogens is 284 g/mol. The number of thiophene rings is 1. The van der Waals surface area contributed by atoms with Gasteiger partial charge in [0, 0.05) is 42.0 Å². The molecule has 1 amide bonds. The van der Waals surface area contributed by atoms with Gasteiger partial charge in [0.25, 0.3) is 0 Å². The van der Waals surface area contributed by atoms with Gasteiger partial charge in [-0.3, -0.25) is 15.0 Å². The van der Waals surface area contributed by atoms with Crippen molar-refractivity contribution in [2.24, 2.45) is 0 Å². The topological polar surface area (TPSA) is 38.8 Å². The molecule has 1 N–H and O–H groups in total. The van der Waals surface area contributed by atoms with E-state index in [2.05, 4.69) is 48.3 Å². The van der Waals surface area contributed by atoms with Crippen molar-refractivity contribution >= 4 is 17.2 Å². The average Bonchev–Trinajstić information content (AvgIpc) is 3.01. The Morgan fingerprint density at radius 2 is 2.14 bits per heavy atom. The van der Waals surface area contributed by atoms with Crippen LogP contribution in [-0.4, -0.2) is 73.5 Å². The predicted octanol–water partition coefficient (Wildman–Crippen LogP) is 0.733. The van der Waals surface area contributed by atoms with Crippen molar-refractivity contribution in [1.82, 2.24) is 20.0 Å². The molecule has 2 fully saturated rings. The number of piperazine rings is 1. The third-order valence-corrected chi connectivity index (χ3v) is 5.55. The van der Waals surface area contributed by atoms with Gasteiger partial charge in [0.1, 0.15) is 6.17 Å². The Bertz CT molecular complexity index is 518. The lowest BCUT2D eigenvalue weighted by Crippen LogP contribution is -2.55. The highest BCUT2D eigenvalue weighted by molar-refractivity contribution is 7.12. The zero-order valence-corrected chi connectivity index (χ0v) is 13.8. The second-order valence-electron chi connectivity index (χ2n) is 6.17. The standard InChI is InChI=1S/C15H24N4OS/c1-11-4-5-13(21-11)15-16-8-14(20)19(15)10-12-9-17(2)6-7-18(12)3/h4-5,12,15-16H,6-10H2,1-3H3. The van der Waals surface area contributed by atoms with Crippen molar-refractivity contribution in [3.05, 3.63) is 21.9 Å². The normalized spacial score (nSPS) is 28.5. The number of hydrogen-bond acceptors (Lipinski definition) is 5. The minimum atomic E-state index is 0.0526. The third-order valence-electron chi connectivity index (χ3n) is 4.50. The van der Waals surface area contributed by atoms with E-state index < -0.39 is 0 Å². The largest absolute Gasteiger partial charge is 0.319 e. The fourth-order valence-electron chi connectivity index (χ4n) is 3.13. The maximum atomic E-state index is 12.3. The lowest BCUT2D eigenvalue weighted by atomic mass is 10.1. The van der Waals surface area contributed by atoms with Crippen LogP contribution in [-0.2, 0) is 4.79 Å². The Labute approximate surface area is 130 Å². The van der Waals surface area contributed by atoms with Crippen molar-refractivity contribution in [1.29, 1.82) is 0 Å². The first-order chi connectivity index (χ1) is 10.0. The molecule has 0 spiro atoms. The first kappa shape index (κ1) is 15.0. The maximum Gasteiger partial charge on any atom is 0.238 e. The Morgan fingerprint density at radius 1 is 1.33 bits per heavy atom. The Hall–Kier alpha value is -0.950. The summed E-state index contributed by atoms with van der Waals surface area (Å²) in [4.78, 5) is 21.5. The fourth-order valence-corrected chi connectivity index (χ4v) is 4.09. The predicted molar refractivity (Wildman–Crippen MR) is 85.4 cm³/mol. The van der Waals surface area contributed by atoms with Crippen LogP contribution in [0.2, 0.25) is 0 Å². The summed E-state index contributed by atoms with van der Waals surface area (Å²) < 4.78 is 0. The van der Waals surface area contributed by atoms with E-state index in [1.807, 2.05) is 4.90 Å². The molecule has 1 aromatic heterocycles. The van der Waals surface area contributed by atoms with E-state index in [1.165, 1.54) is 9.75 Å². The molecule has 0 aromatic carbocycles. The van der Waals surface area contributed by atoms with Gasteiger partial charge >= 0.3 is 0 Å². The first-order valence-corrected chi connectivity index (χ1v) is 8.34. The lowest BCUT2D eigenvalue weighted by Gasteiger charge is -2.40. The van der Waals surface area contributed by atoms with E-state index >= 15 is 0 Å². The first-order valence-electron chi connectivity index (χ1n) is 7.52. The summed E-state index contributed by atoms with van der Waals surface area (Å²) in [5, 5.41) is 3.36. The van der Waals surface area contributed by atoms with Crippen molar-refractivity contribution in [2.75, 3.05) is 46.8 Å². The zero-order valence-electron chi connectivity index (χ0n) is 13.0. The van der Waals surface area contributed by atoms with Crippen LogP contribution in [0, 0.1) is 6.92 Å². The molecule has 2 aliphatic rings. The van der Waals surface area contributed by atoms with Gasteiger partial charge in [0.15, 0.2) is 0 Å². The van der Waals surface area contributed by atoms with E-state index in [0.29, 0.717) is 12.6 Å². The molecule has 116 valence electrons. The molecule has 6 heteroatoms. The third kappa shape index (κ3) is 3.13. The number of nitrogens with zero attached hydrogens (tertiary/aromatic N) is 3. The van der Waals surface area contributed by atoms with Gasteiger partial charge in [-0.15, -0.1) is 11.3 Å². The van der Waals surface area contributed by atoms with Crippen LogP contribution in [0.15, 0.2) is 12.1 Å². The molecule has 2 unspecified atom stereocenters. The molecule has 2 aliphatic heterocycles. The van der Waals surface area contributed by atoms with Gasteiger partial charge in [-0.25, -0.2) is 0 Å². The number of amides is 1. The molecule has 0 saturated carbocycles. The highest BCUT2D eigenvalue weighted by atomic mass is 32.1. The molecule has 5 nitrogen and oxygen atoms in total. The van der Waals surface area contributed by atoms with Crippen LogP contribution in [0.5, 0.6) is 0 Å². The van der Waals surface area contributed by atoms with E-state index in [0.717, 1.165) is 26.2 Å². The monoisotopic (exact) mass is 308 g/mol. The fraction of sp³-hybridized carbons (Fsp3) is 0.667. The van der Waals surface area contributed by atoms with Crippen molar-refractivity contribution in [2.45, 2.75) is 19.1 Å². The second kappa shape index (κ2) is 6.04. The van der Waals surface area contributed by atoms with Crippen LogP contribution >= 0.6 is 11.3 Å². The summed E-state index contributed by atoms with van der Waals surface area (Å²) in [6.07, 6.45) is 0.0526. The number of aryl methyl sites for hydroxylation is 1. The Balaban J connectivity index is 1.73. The summed E-state index contributed by atoms with van der Waals surface area (Å²) in [6.45, 7) is 6.56. The lowest BCUT2D eigenvalue weighted by molar-refractivity contribution is -0.129. The van der Waals surface area contributed by atoms with E-state index in [-0.39, 0.29) is 12.1 Å². The molecule has 0 radical (unpaired) electrons.